The number of rotatable bonds is 2. The van der Waals surface area contributed by atoms with E-state index in [0.29, 0.717) is 0 Å². The van der Waals surface area contributed by atoms with Gasteiger partial charge in [0, 0.05) is 17.6 Å². The molecule has 3 N–H and O–H groups in total. The molecular weight excluding hydrogens is 198 g/mol. The summed E-state index contributed by atoms with van der Waals surface area (Å²) in [6.45, 7) is 4.09. The Morgan fingerprint density at radius 2 is 1.94 bits per heavy atom. The molecule has 0 aliphatic heterocycles. The molecule has 0 spiro atoms. The molecule has 0 radical (unpaired) electrons. The number of pyridine rings is 1. The molecule has 0 saturated heterocycles. The fourth-order valence-corrected chi connectivity index (χ4v) is 1.57. The molecule has 3 nitrogen and oxygen atoms in total. The molecule has 2 aromatic rings. The van der Waals surface area contributed by atoms with Crippen molar-refractivity contribution in [1.82, 2.24) is 4.98 Å². The summed E-state index contributed by atoms with van der Waals surface area (Å²) >= 11 is 0. The van der Waals surface area contributed by atoms with Gasteiger partial charge in [0.15, 0.2) is 0 Å². The van der Waals surface area contributed by atoms with E-state index in [4.69, 9.17) is 5.73 Å². The minimum atomic E-state index is 0.828. The van der Waals surface area contributed by atoms with E-state index in [2.05, 4.69) is 17.2 Å². The van der Waals surface area contributed by atoms with Crippen LogP contribution in [0.1, 0.15) is 11.1 Å². The van der Waals surface area contributed by atoms with Crippen molar-refractivity contribution in [3.63, 3.8) is 0 Å². The fourth-order valence-electron chi connectivity index (χ4n) is 1.57. The van der Waals surface area contributed by atoms with Crippen LogP contribution in [0, 0.1) is 13.8 Å². The SMILES string of the molecule is Cc1c(N)ccc(Nc2cccnc2)c1C. The summed E-state index contributed by atoms with van der Waals surface area (Å²) < 4.78 is 0. The van der Waals surface area contributed by atoms with Crippen molar-refractivity contribution in [1.29, 1.82) is 0 Å². The first-order chi connectivity index (χ1) is 7.68. The van der Waals surface area contributed by atoms with Crippen molar-refractivity contribution in [3.05, 3.63) is 47.8 Å². The van der Waals surface area contributed by atoms with Gasteiger partial charge in [-0.2, -0.15) is 0 Å². The number of aromatic nitrogens is 1. The molecule has 3 heteroatoms. The van der Waals surface area contributed by atoms with E-state index < -0.39 is 0 Å². The Kier molecular flexibility index (Phi) is 2.77. The highest BCUT2D eigenvalue weighted by Crippen LogP contribution is 2.25. The Balaban J connectivity index is 2.33. The topological polar surface area (TPSA) is 50.9 Å². The van der Waals surface area contributed by atoms with Gasteiger partial charge >= 0.3 is 0 Å². The van der Waals surface area contributed by atoms with Crippen molar-refractivity contribution in [2.45, 2.75) is 13.8 Å². The third-order valence-corrected chi connectivity index (χ3v) is 2.77. The van der Waals surface area contributed by atoms with E-state index >= 15 is 0 Å². The van der Waals surface area contributed by atoms with Gasteiger partial charge in [0.2, 0.25) is 0 Å². The standard InChI is InChI=1S/C13H15N3/c1-9-10(2)13(6-5-12(9)14)16-11-4-3-7-15-8-11/h3-8,16H,14H2,1-2H3. The molecule has 0 aliphatic rings. The predicted octanol–water partition coefficient (Wildman–Crippen LogP) is 3.02. The molecule has 0 unspecified atom stereocenters. The van der Waals surface area contributed by atoms with Crippen LogP contribution in [0.3, 0.4) is 0 Å². The van der Waals surface area contributed by atoms with Crippen molar-refractivity contribution < 1.29 is 0 Å². The van der Waals surface area contributed by atoms with Crippen molar-refractivity contribution in [2.24, 2.45) is 0 Å². The summed E-state index contributed by atoms with van der Waals surface area (Å²) in [5, 5.41) is 3.32. The van der Waals surface area contributed by atoms with E-state index in [9.17, 15) is 0 Å². The maximum absolute atomic E-state index is 5.84. The van der Waals surface area contributed by atoms with Crippen molar-refractivity contribution in [2.75, 3.05) is 11.1 Å². The van der Waals surface area contributed by atoms with Gasteiger partial charge in [-0.25, -0.2) is 0 Å². The zero-order chi connectivity index (χ0) is 11.5. The van der Waals surface area contributed by atoms with Crippen LogP contribution in [-0.4, -0.2) is 4.98 Å². The number of nitrogens with one attached hydrogen (secondary N) is 1. The molecule has 0 aliphatic carbocycles. The summed E-state index contributed by atoms with van der Waals surface area (Å²) in [6.07, 6.45) is 3.55. The third-order valence-electron chi connectivity index (χ3n) is 2.77. The molecule has 1 aromatic heterocycles. The van der Waals surface area contributed by atoms with Gasteiger partial charge < -0.3 is 11.1 Å². The largest absolute Gasteiger partial charge is 0.399 e. The summed E-state index contributed by atoms with van der Waals surface area (Å²) in [7, 11) is 0. The average molecular weight is 213 g/mol. The van der Waals surface area contributed by atoms with Crippen LogP contribution >= 0.6 is 0 Å². The van der Waals surface area contributed by atoms with Crippen molar-refractivity contribution in [3.8, 4) is 0 Å². The Morgan fingerprint density at radius 1 is 1.12 bits per heavy atom. The van der Waals surface area contributed by atoms with Gasteiger partial charge in [-0.15, -0.1) is 0 Å². The van der Waals surface area contributed by atoms with E-state index in [1.165, 1.54) is 5.56 Å². The third kappa shape index (κ3) is 1.98. The second-order valence-corrected chi connectivity index (χ2v) is 3.82. The molecule has 0 saturated carbocycles. The van der Waals surface area contributed by atoms with Crippen molar-refractivity contribution >= 4 is 17.1 Å². The molecule has 1 heterocycles. The Labute approximate surface area is 95.3 Å². The van der Waals surface area contributed by atoms with Crippen LogP contribution in [0.25, 0.3) is 0 Å². The van der Waals surface area contributed by atoms with Crippen LogP contribution < -0.4 is 11.1 Å². The first-order valence-corrected chi connectivity index (χ1v) is 5.21. The van der Waals surface area contributed by atoms with Gasteiger partial charge in [-0.3, -0.25) is 4.98 Å². The molecule has 0 atom stereocenters. The van der Waals surface area contributed by atoms with E-state index in [1.807, 2.05) is 31.2 Å². The lowest BCUT2D eigenvalue weighted by Gasteiger charge is -2.12. The van der Waals surface area contributed by atoms with Gasteiger partial charge in [-0.1, -0.05) is 0 Å². The molecule has 0 fully saturated rings. The molecule has 16 heavy (non-hydrogen) atoms. The molecular formula is C13H15N3. The smallest absolute Gasteiger partial charge is 0.0570 e. The monoisotopic (exact) mass is 213 g/mol. The molecule has 82 valence electrons. The summed E-state index contributed by atoms with van der Waals surface area (Å²) in [5.41, 5.74) is 11.0. The van der Waals surface area contributed by atoms with E-state index in [0.717, 1.165) is 22.6 Å². The zero-order valence-electron chi connectivity index (χ0n) is 9.49. The van der Waals surface area contributed by atoms with Gasteiger partial charge in [0.25, 0.3) is 0 Å². The number of benzene rings is 1. The zero-order valence-corrected chi connectivity index (χ0v) is 9.49. The normalized spacial score (nSPS) is 10.1. The summed E-state index contributed by atoms with van der Waals surface area (Å²) in [5.74, 6) is 0. The minimum Gasteiger partial charge on any atom is -0.399 e. The molecule has 0 amide bonds. The first kappa shape index (κ1) is 10.5. The Bertz CT molecular complexity index is 492. The second-order valence-electron chi connectivity index (χ2n) is 3.82. The highest BCUT2D eigenvalue weighted by molar-refractivity contribution is 5.68. The van der Waals surface area contributed by atoms with Crippen LogP contribution in [-0.2, 0) is 0 Å². The molecule has 0 bridgehead atoms. The number of nitrogens with zero attached hydrogens (tertiary/aromatic N) is 1. The van der Waals surface area contributed by atoms with Crippen LogP contribution in [0.5, 0.6) is 0 Å². The quantitative estimate of drug-likeness (QED) is 0.754. The highest BCUT2D eigenvalue weighted by Gasteiger charge is 2.04. The predicted molar refractivity (Wildman–Crippen MR) is 67.8 cm³/mol. The molecule has 1 aromatic carbocycles. The second kappa shape index (κ2) is 4.23. The number of nitrogens with two attached hydrogens (primary N) is 1. The lowest BCUT2D eigenvalue weighted by molar-refractivity contribution is 1.30. The lowest BCUT2D eigenvalue weighted by atomic mass is 10.1. The fraction of sp³-hybridized carbons (Fsp3) is 0.154. The van der Waals surface area contributed by atoms with E-state index in [1.54, 1.807) is 12.4 Å². The highest BCUT2D eigenvalue weighted by atomic mass is 14.9. The number of anilines is 3. The Morgan fingerprint density at radius 3 is 2.62 bits per heavy atom. The van der Waals surface area contributed by atoms with Gasteiger partial charge in [0.1, 0.15) is 0 Å². The van der Waals surface area contributed by atoms with Gasteiger partial charge in [0.05, 0.1) is 11.9 Å². The number of hydrogen-bond acceptors (Lipinski definition) is 3. The van der Waals surface area contributed by atoms with E-state index in [-0.39, 0.29) is 0 Å². The maximum atomic E-state index is 5.84. The number of nitrogen functional groups attached to an aromatic ring is 1. The summed E-state index contributed by atoms with van der Waals surface area (Å²) in [6, 6.07) is 7.80. The van der Waals surface area contributed by atoms with Gasteiger partial charge in [-0.05, 0) is 49.2 Å². The summed E-state index contributed by atoms with van der Waals surface area (Å²) in [4.78, 5) is 4.06. The van der Waals surface area contributed by atoms with Crippen LogP contribution in [0.4, 0.5) is 17.1 Å². The van der Waals surface area contributed by atoms with Crippen LogP contribution in [0.15, 0.2) is 36.7 Å². The molecule has 2 rings (SSSR count). The number of hydrogen-bond donors (Lipinski definition) is 2. The minimum absolute atomic E-state index is 0.828. The first-order valence-electron chi connectivity index (χ1n) is 5.21. The lowest BCUT2D eigenvalue weighted by Crippen LogP contribution is -1.98. The van der Waals surface area contributed by atoms with Crippen LogP contribution in [0.2, 0.25) is 0 Å². The maximum Gasteiger partial charge on any atom is 0.0570 e. The average Bonchev–Trinajstić information content (AvgIpc) is 2.31. The Hall–Kier alpha value is -2.03.